The number of carbonyl (C=O) groups is 1. The lowest BCUT2D eigenvalue weighted by atomic mass is 10.0. The van der Waals surface area contributed by atoms with Gasteiger partial charge in [0, 0.05) is 45.1 Å². The average molecular weight is 260 g/mol. The number of nitrogens with zero attached hydrogens (tertiary/aromatic N) is 4. The van der Waals surface area contributed by atoms with Gasteiger partial charge in [-0.1, -0.05) is 0 Å². The molecule has 1 fully saturated rings. The molecule has 0 spiro atoms. The molecule has 0 unspecified atom stereocenters. The molecule has 0 aromatic carbocycles. The van der Waals surface area contributed by atoms with E-state index >= 15 is 0 Å². The van der Waals surface area contributed by atoms with Crippen LogP contribution in [0.2, 0.25) is 0 Å². The summed E-state index contributed by atoms with van der Waals surface area (Å²) in [6, 6.07) is 3.82. The van der Waals surface area contributed by atoms with Crippen LogP contribution >= 0.6 is 0 Å². The highest BCUT2D eigenvalue weighted by molar-refractivity contribution is 5.97. The Morgan fingerprint density at radius 1 is 1.42 bits per heavy atom. The second-order valence-electron chi connectivity index (χ2n) is 4.85. The molecule has 0 radical (unpaired) electrons. The lowest BCUT2D eigenvalue weighted by Crippen LogP contribution is -2.51. The van der Waals surface area contributed by atoms with Gasteiger partial charge in [0.1, 0.15) is 11.4 Å². The number of rotatable bonds is 3. The van der Waals surface area contributed by atoms with Crippen molar-refractivity contribution in [1.29, 1.82) is 0 Å². The van der Waals surface area contributed by atoms with Crippen molar-refractivity contribution >= 4 is 5.91 Å². The van der Waals surface area contributed by atoms with Gasteiger partial charge in [-0.05, 0) is 12.1 Å². The molecular formula is C13H16N4O2. The third-order valence-electron chi connectivity index (χ3n) is 3.49. The lowest BCUT2D eigenvalue weighted by molar-refractivity contribution is 0.0362. The van der Waals surface area contributed by atoms with Crippen LogP contribution in [-0.4, -0.2) is 50.0 Å². The minimum absolute atomic E-state index is 0.0264. The first kappa shape index (κ1) is 12.0. The van der Waals surface area contributed by atoms with Gasteiger partial charge in [0.25, 0.3) is 5.91 Å². The molecule has 1 amide bonds. The summed E-state index contributed by atoms with van der Waals surface area (Å²) in [5.41, 5.74) is 0.593. The highest BCUT2D eigenvalue weighted by Gasteiger charge is 2.32. The van der Waals surface area contributed by atoms with Crippen LogP contribution in [0.15, 0.2) is 30.7 Å². The average Bonchev–Trinajstić information content (AvgIpc) is 2.95. The van der Waals surface area contributed by atoms with Crippen molar-refractivity contribution in [2.45, 2.75) is 0 Å². The monoisotopic (exact) mass is 260 g/mol. The molecule has 6 heteroatoms. The number of likely N-dealkylation sites (tertiary alicyclic amines) is 1. The lowest BCUT2D eigenvalue weighted by Gasteiger charge is -2.38. The Labute approximate surface area is 110 Å². The second kappa shape index (κ2) is 4.55. The molecule has 2 aromatic heterocycles. The van der Waals surface area contributed by atoms with E-state index in [0.717, 1.165) is 5.82 Å². The standard InChI is InChI=1S/C13H16N4O2/c1-15-12(16-4-2-3-5-16)11(6-14-15)13(19)17-7-10(8-17)9-18/h2-6,10,18H,7-9H2,1H3. The van der Waals surface area contributed by atoms with Crippen molar-refractivity contribution in [3.8, 4) is 5.82 Å². The van der Waals surface area contributed by atoms with Gasteiger partial charge in [-0.3, -0.25) is 9.48 Å². The first-order chi connectivity index (χ1) is 9.20. The Balaban J connectivity index is 1.88. The van der Waals surface area contributed by atoms with E-state index in [-0.39, 0.29) is 18.4 Å². The maximum absolute atomic E-state index is 12.4. The topological polar surface area (TPSA) is 63.3 Å². The van der Waals surface area contributed by atoms with E-state index in [0.29, 0.717) is 18.7 Å². The molecular weight excluding hydrogens is 244 g/mol. The van der Waals surface area contributed by atoms with Gasteiger partial charge >= 0.3 is 0 Å². The summed E-state index contributed by atoms with van der Waals surface area (Å²) in [5, 5.41) is 13.2. The van der Waals surface area contributed by atoms with Gasteiger partial charge in [0.2, 0.25) is 0 Å². The van der Waals surface area contributed by atoms with E-state index in [4.69, 9.17) is 5.11 Å². The summed E-state index contributed by atoms with van der Waals surface area (Å²) >= 11 is 0. The zero-order valence-electron chi connectivity index (χ0n) is 10.7. The van der Waals surface area contributed by atoms with Crippen molar-refractivity contribution < 1.29 is 9.90 Å². The third-order valence-corrected chi connectivity index (χ3v) is 3.49. The molecule has 1 saturated heterocycles. The Hall–Kier alpha value is -2.08. The Morgan fingerprint density at radius 2 is 2.11 bits per heavy atom. The zero-order chi connectivity index (χ0) is 13.4. The molecule has 100 valence electrons. The van der Waals surface area contributed by atoms with Gasteiger partial charge in [0.05, 0.1) is 6.20 Å². The van der Waals surface area contributed by atoms with E-state index in [1.165, 1.54) is 0 Å². The van der Waals surface area contributed by atoms with Crippen LogP contribution < -0.4 is 0 Å². The number of amides is 1. The summed E-state index contributed by atoms with van der Waals surface area (Å²) in [6.07, 6.45) is 5.38. The van der Waals surface area contributed by atoms with Gasteiger partial charge < -0.3 is 14.6 Å². The van der Waals surface area contributed by atoms with Crippen LogP contribution in [0.1, 0.15) is 10.4 Å². The second-order valence-corrected chi connectivity index (χ2v) is 4.85. The molecule has 6 nitrogen and oxygen atoms in total. The van der Waals surface area contributed by atoms with Crippen LogP contribution in [-0.2, 0) is 7.05 Å². The first-order valence-corrected chi connectivity index (χ1v) is 6.26. The largest absolute Gasteiger partial charge is 0.396 e. The molecule has 0 bridgehead atoms. The number of hydrogen-bond donors (Lipinski definition) is 1. The highest BCUT2D eigenvalue weighted by Crippen LogP contribution is 2.21. The minimum Gasteiger partial charge on any atom is -0.396 e. The molecule has 0 saturated carbocycles. The molecule has 0 aliphatic carbocycles. The van der Waals surface area contributed by atoms with Crippen LogP contribution in [0.4, 0.5) is 0 Å². The molecule has 3 rings (SSSR count). The van der Waals surface area contributed by atoms with E-state index in [2.05, 4.69) is 5.10 Å². The molecule has 19 heavy (non-hydrogen) atoms. The smallest absolute Gasteiger partial charge is 0.259 e. The van der Waals surface area contributed by atoms with Gasteiger partial charge in [-0.15, -0.1) is 0 Å². The Morgan fingerprint density at radius 3 is 2.74 bits per heavy atom. The third kappa shape index (κ3) is 1.94. The fourth-order valence-corrected chi connectivity index (χ4v) is 2.39. The zero-order valence-corrected chi connectivity index (χ0v) is 10.7. The molecule has 1 aliphatic heterocycles. The number of carbonyl (C=O) groups excluding carboxylic acids is 1. The van der Waals surface area contributed by atoms with E-state index in [9.17, 15) is 4.79 Å². The van der Waals surface area contributed by atoms with Crippen molar-refractivity contribution in [3.63, 3.8) is 0 Å². The summed E-state index contributed by atoms with van der Waals surface area (Å²) in [5.74, 6) is 0.958. The minimum atomic E-state index is -0.0264. The van der Waals surface area contributed by atoms with Crippen molar-refractivity contribution in [2.75, 3.05) is 19.7 Å². The van der Waals surface area contributed by atoms with Gasteiger partial charge in [-0.2, -0.15) is 5.10 Å². The molecule has 2 aromatic rings. The van der Waals surface area contributed by atoms with Crippen molar-refractivity contribution in [3.05, 3.63) is 36.3 Å². The summed E-state index contributed by atoms with van der Waals surface area (Å²) in [6.45, 7) is 1.38. The SMILES string of the molecule is Cn1ncc(C(=O)N2CC(CO)C2)c1-n1cccc1. The van der Waals surface area contributed by atoms with Crippen molar-refractivity contribution in [2.24, 2.45) is 13.0 Å². The fraction of sp³-hybridized carbons (Fsp3) is 0.385. The first-order valence-electron chi connectivity index (χ1n) is 6.26. The molecule has 3 heterocycles. The predicted octanol–water partition coefficient (Wildman–Crippen LogP) is 0.275. The highest BCUT2D eigenvalue weighted by atomic mass is 16.3. The normalized spacial score (nSPS) is 15.6. The fourth-order valence-electron chi connectivity index (χ4n) is 2.39. The van der Waals surface area contributed by atoms with Gasteiger partial charge in [-0.25, -0.2) is 0 Å². The predicted molar refractivity (Wildman–Crippen MR) is 69.0 cm³/mol. The summed E-state index contributed by atoms with van der Waals surface area (Å²) in [4.78, 5) is 14.1. The van der Waals surface area contributed by atoms with E-state index in [1.807, 2.05) is 36.1 Å². The number of aliphatic hydroxyl groups excluding tert-OH is 1. The van der Waals surface area contributed by atoms with Crippen LogP contribution in [0.5, 0.6) is 0 Å². The van der Waals surface area contributed by atoms with E-state index in [1.54, 1.807) is 15.8 Å². The number of aromatic nitrogens is 3. The van der Waals surface area contributed by atoms with Crippen LogP contribution in [0.3, 0.4) is 0 Å². The Kier molecular flexibility index (Phi) is 2.87. The van der Waals surface area contributed by atoms with Crippen LogP contribution in [0.25, 0.3) is 5.82 Å². The Bertz CT molecular complexity index is 582. The quantitative estimate of drug-likeness (QED) is 0.862. The molecule has 1 N–H and O–H groups in total. The summed E-state index contributed by atoms with van der Waals surface area (Å²) < 4.78 is 3.57. The maximum atomic E-state index is 12.4. The van der Waals surface area contributed by atoms with E-state index < -0.39 is 0 Å². The molecule has 0 atom stereocenters. The maximum Gasteiger partial charge on any atom is 0.259 e. The number of aryl methyl sites for hydroxylation is 1. The molecule has 1 aliphatic rings. The van der Waals surface area contributed by atoms with Crippen LogP contribution in [0, 0.1) is 5.92 Å². The number of aliphatic hydroxyl groups is 1. The number of hydrogen-bond acceptors (Lipinski definition) is 3. The van der Waals surface area contributed by atoms with Gasteiger partial charge in [0.15, 0.2) is 0 Å². The summed E-state index contributed by atoms with van der Waals surface area (Å²) in [7, 11) is 1.82. The van der Waals surface area contributed by atoms with Crippen molar-refractivity contribution in [1.82, 2.24) is 19.2 Å².